The molecule has 0 bridgehead atoms. The third kappa shape index (κ3) is 5.44. The molecule has 0 spiro atoms. The van der Waals surface area contributed by atoms with Crippen LogP contribution in [-0.4, -0.2) is 55.3 Å². The SMILES string of the molecule is CCN1CCN(Cc2cc(Br)ccc2OCC(F)(F)F)CC1. The summed E-state index contributed by atoms with van der Waals surface area (Å²) in [6.07, 6.45) is -4.32. The molecule has 0 aromatic heterocycles. The number of likely N-dealkylation sites (N-methyl/N-ethyl adjacent to an activating group) is 1. The molecule has 1 aliphatic heterocycles. The Labute approximate surface area is 137 Å². The summed E-state index contributed by atoms with van der Waals surface area (Å²) in [5.74, 6) is 0.304. The number of alkyl halides is 3. The number of benzene rings is 1. The van der Waals surface area contributed by atoms with E-state index in [1.165, 1.54) is 0 Å². The van der Waals surface area contributed by atoms with Gasteiger partial charge in [0.2, 0.25) is 0 Å². The number of rotatable bonds is 5. The van der Waals surface area contributed by atoms with Crippen LogP contribution in [0.2, 0.25) is 0 Å². The fourth-order valence-electron chi connectivity index (χ4n) is 2.48. The lowest BCUT2D eigenvalue weighted by atomic mass is 10.1. The van der Waals surface area contributed by atoms with Gasteiger partial charge < -0.3 is 9.64 Å². The largest absolute Gasteiger partial charge is 0.484 e. The standard InChI is InChI=1S/C15H20BrF3N2O/c1-2-20-5-7-21(8-6-20)10-12-9-13(16)3-4-14(12)22-11-15(17,18)19/h3-4,9H,2,5-8,10-11H2,1H3. The minimum atomic E-state index is -4.32. The van der Waals surface area contributed by atoms with Crippen molar-refractivity contribution in [1.82, 2.24) is 9.80 Å². The highest BCUT2D eigenvalue weighted by Crippen LogP contribution is 2.27. The van der Waals surface area contributed by atoms with Gasteiger partial charge in [0.05, 0.1) is 0 Å². The van der Waals surface area contributed by atoms with E-state index in [0.29, 0.717) is 12.3 Å². The molecule has 0 N–H and O–H groups in total. The van der Waals surface area contributed by atoms with Gasteiger partial charge in [-0.2, -0.15) is 13.2 Å². The van der Waals surface area contributed by atoms with Crippen molar-refractivity contribution >= 4 is 15.9 Å². The highest BCUT2D eigenvalue weighted by molar-refractivity contribution is 9.10. The normalized spacial score (nSPS) is 17.7. The van der Waals surface area contributed by atoms with Crippen molar-refractivity contribution in [2.75, 3.05) is 39.3 Å². The van der Waals surface area contributed by atoms with E-state index in [-0.39, 0.29) is 0 Å². The molecular weight excluding hydrogens is 361 g/mol. The zero-order valence-electron chi connectivity index (χ0n) is 12.5. The van der Waals surface area contributed by atoms with Crippen molar-refractivity contribution in [2.24, 2.45) is 0 Å². The Bertz CT molecular complexity index is 488. The highest BCUT2D eigenvalue weighted by Gasteiger charge is 2.29. The molecule has 0 radical (unpaired) electrons. The van der Waals surface area contributed by atoms with Gasteiger partial charge in [-0.1, -0.05) is 22.9 Å². The van der Waals surface area contributed by atoms with Gasteiger partial charge in [-0.15, -0.1) is 0 Å². The maximum atomic E-state index is 12.3. The van der Waals surface area contributed by atoms with E-state index in [1.807, 2.05) is 6.07 Å². The Morgan fingerprint density at radius 2 is 1.77 bits per heavy atom. The van der Waals surface area contributed by atoms with Gasteiger partial charge >= 0.3 is 6.18 Å². The van der Waals surface area contributed by atoms with Gasteiger partial charge in [0.1, 0.15) is 5.75 Å². The molecule has 124 valence electrons. The fraction of sp³-hybridized carbons (Fsp3) is 0.600. The molecule has 0 saturated carbocycles. The Balaban J connectivity index is 2.01. The van der Waals surface area contributed by atoms with Crippen LogP contribution in [0.5, 0.6) is 5.75 Å². The molecule has 0 amide bonds. The lowest BCUT2D eigenvalue weighted by Crippen LogP contribution is -2.45. The average molecular weight is 381 g/mol. The number of piperazine rings is 1. The molecule has 1 saturated heterocycles. The first-order valence-corrected chi connectivity index (χ1v) is 8.09. The number of hydrogen-bond acceptors (Lipinski definition) is 3. The molecule has 0 unspecified atom stereocenters. The molecule has 1 heterocycles. The van der Waals surface area contributed by atoms with Crippen LogP contribution in [0.3, 0.4) is 0 Å². The van der Waals surface area contributed by atoms with E-state index < -0.39 is 12.8 Å². The summed E-state index contributed by atoms with van der Waals surface area (Å²) < 4.78 is 42.8. The van der Waals surface area contributed by atoms with Crippen LogP contribution in [-0.2, 0) is 6.54 Å². The smallest absolute Gasteiger partial charge is 0.422 e. The van der Waals surface area contributed by atoms with E-state index in [0.717, 1.165) is 42.8 Å². The summed E-state index contributed by atoms with van der Waals surface area (Å²) >= 11 is 3.37. The summed E-state index contributed by atoms with van der Waals surface area (Å²) in [6.45, 7) is 6.32. The van der Waals surface area contributed by atoms with E-state index in [1.54, 1.807) is 12.1 Å². The van der Waals surface area contributed by atoms with Crippen LogP contribution in [0.1, 0.15) is 12.5 Å². The molecule has 22 heavy (non-hydrogen) atoms. The first kappa shape index (κ1) is 17.6. The predicted octanol–water partition coefficient (Wildman–Crippen LogP) is 3.53. The summed E-state index contributed by atoms with van der Waals surface area (Å²) in [5, 5.41) is 0. The molecule has 0 atom stereocenters. The van der Waals surface area contributed by atoms with Crippen molar-refractivity contribution in [3.8, 4) is 5.75 Å². The Morgan fingerprint density at radius 3 is 2.36 bits per heavy atom. The molecule has 2 rings (SSSR count). The van der Waals surface area contributed by atoms with Gasteiger partial charge in [0.25, 0.3) is 0 Å². The number of halogens is 4. The molecule has 1 aromatic rings. The molecule has 7 heteroatoms. The zero-order valence-corrected chi connectivity index (χ0v) is 14.1. The van der Waals surface area contributed by atoms with Crippen LogP contribution in [0, 0.1) is 0 Å². The quantitative estimate of drug-likeness (QED) is 0.776. The van der Waals surface area contributed by atoms with Crippen LogP contribution < -0.4 is 4.74 Å². The minimum absolute atomic E-state index is 0.304. The van der Waals surface area contributed by atoms with Crippen LogP contribution in [0.15, 0.2) is 22.7 Å². The van der Waals surface area contributed by atoms with E-state index in [2.05, 4.69) is 32.7 Å². The third-order valence-electron chi connectivity index (χ3n) is 3.72. The second-order valence-electron chi connectivity index (χ2n) is 5.37. The van der Waals surface area contributed by atoms with E-state index in [9.17, 15) is 13.2 Å². The molecule has 1 fully saturated rings. The van der Waals surface area contributed by atoms with Crippen molar-refractivity contribution in [2.45, 2.75) is 19.6 Å². The summed E-state index contributed by atoms with van der Waals surface area (Å²) in [7, 11) is 0. The number of nitrogens with zero attached hydrogens (tertiary/aromatic N) is 2. The topological polar surface area (TPSA) is 15.7 Å². The summed E-state index contributed by atoms with van der Waals surface area (Å²) in [6, 6.07) is 5.12. The summed E-state index contributed by atoms with van der Waals surface area (Å²) in [4.78, 5) is 4.60. The van der Waals surface area contributed by atoms with Gasteiger partial charge in [-0.25, -0.2) is 0 Å². The van der Waals surface area contributed by atoms with E-state index >= 15 is 0 Å². The lowest BCUT2D eigenvalue weighted by Gasteiger charge is -2.34. The van der Waals surface area contributed by atoms with E-state index in [4.69, 9.17) is 4.74 Å². The van der Waals surface area contributed by atoms with Crippen LogP contribution in [0.25, 0.3) is 0 Å². The molecule has 1 aliphatic rings. The lowest BCUT2D eigenvalue weighted by molar-refractivity contribution is -0.153. The molecule has 1 aromatic carbocycles. The van der Waals surface area contributed by atoms with Gasteiger partial charge in [0, 0.05) is 42.8 Å². The van der Waals surface area contributed by atoms with Gasteiger partial charge in [-0.05, 0) is 24.7 Å². The Morgan fingerprint density at radius 1 is 1.14 bits per heavy atom. The number of hydrogen-bond donors (Lipinski definition) is 0. The Kier molecular flexibility index (Phi) is 6.11. The van der Waals surface area contributed by atoms with Crippen molar-refractivity contribution < 1.29 is 17.9 Å². The van der Waals surface area contributed by atoms with Gasteiger partial charge in [-0.3, -0.25) is 4.90 Å². The second kappa shape index (κ2) is 7.66. The predicted molar refractivity (Wildman–Crippen MR) is 83.1 cm³/mol. The van der Waals surface area contributed by atoms with Gasteiger partial charge in [0.15, 0.2) is 6.61 Å². The zero-order chi connectivity index (χ0) is 16.2. The van der Waals surface area contributed by atoms with Crippen molar-refractivity contribution in [3.05, 3.63) is 28.2 Å². The maximum Gasteiger partial charge on any atom is 0.422 e. The van der Waals surface area contributed by atoms with Crippen molar-refractivity contribution in [3.63, 3.8) is 0 Å². The third-order valence-corrected chi connectivity index (χ3v) is 4.21. The number of ether oxygens (including phenoxy) is 1. The average Bonchev–Trinajstić information content (AvgIpc) is 2.46. The van der Waals surface area contributed by atoms with Crippen molar-refractivity contribution in [1.29, 1.82) is 0 Å². The fourth-order valence-corrected chi connectivity index (χ4v) is 2.89. The highest BCUT2D eigenvalue weighted by atomic mass is 79.9. The summed E-state index contributed by atoms with van der Waals surface area (Å²) in [5.41, 5.74) is 0.781. The minimum Gasteiger partial charge on any atom is -0.484 e. The van der Waals surface area contributed by atoms with Crippen LogP contribution in [0.4, 0.5) is 13.2 Å². The molecule has 3 nitrogen and oxygen atoms in total. The van der Waals surface area contributed by atoms with Crippen LogP contribution >= 0.6 is 15.9 Å². The monoisotopic (exact) mass is 380 g/mol. The second-order valence-corrected chi connectivity index (χ2v) is 6.28. The maximum absolute atomic E-state index is 12.3. The molecular formula is C15H20BrF3N2O. The molecule has 0 aliphatic carbocycles. The first-order chi connectivity index (χ1) is 10.4. The first-order valence-electron chi connectivity index (χ1n) is 7.30. The Hall–Kier alpha value is -0.790.